The first-order chi connectivity index (χ1) is 14.1. The first-order valence-corrected chi connectivity index (χ1v) is 11.3. The molecule has 0 bridgehead atoms. The highest BCUT2D eigenvalue weighted by atomic mass is 16.6. The zero-order valence-corrected chi connectivity index (χ0v) is 20.3. The van der Waals surface area contributed by atoms with Crippen LogP contribution < -0.4 is 0 Å². The van der Waals surface area contributed by atoms with Gasteiger partial charge in [-0.05, 0) is 70.4 Å². The van der Waals surface area contributed by atoms with Gasteiger partial charge in [0.2, 0.25) is 0 Å². The van der Waals surface area contributed by atoms with Crippen LogP contribution in [-0.4, -0.2) is 42.3 Å². The Labute approximate surface area is 183 Å². The van der Waals surface area contributed by atoms with Crippen LogP contribution in [0.15, 0.2) is 18.2 Å². The van der Waals surface area contributed by atoms with Gasteiger partial charge in [-0.15, -0.1) is 0 Å². The maximum atomic E-state index is 12.4. The van der Waals surface area contributed by atoms with Crippen molar-refractivity contribution in [2.75, 3.05) is 19.7 Å². The van der Waals surface area contributed by atoms with E-state index in [1.54, 1.807) is 4.90 Å². The van der Waals surface area contributed by atoms with E-state index in [0.29, 0.717) is 26.1 Å². The molecule has 0 radical (unpaired) electrons. The van der Waals surface area contributed by atoms with Crippen molar-refractivity contribution < 1.29 is 19.1 Å². The van der Waals surface area contributed by atoms with Crippen LogP contribution in [0.5, 0.6) is 0 Å². The van der Waals surface area contributed by atoms with Crippen molar-refractivity contribution in [2.45, 2.75) is 92.1 Å². The summed E-state index contributed by atoms with van der Waals surface area (Å²) in [7, 11) is 0. The van der Waals surface area contributed by atoms with Gasteiger partial charge in [-0.25, -0.2) is 4.79 Å². The number of nitrogens with zero attached hydrogens (tertiary/aromatic N) is 1. The van der Waals surface area contributed by atoms with Gasteiger partial charge in [0, 0.05) is 13.1 Å². The number of hydrogen-bond donors (Lipinski definition) is 0. The van der Waals surface area contributed by atoms with Crippen LogP contribution in [0.1, 0.15) is 84.4 Å². The van der Waals surface area contributed by atoms with Crippen LogP contribution in [-0.2, 0) is 26.1 Å². The average Bonchev–Trinajstić information content (AvgIpc) is 2.68. The highest BCUT2D eigenvalue weighted by molar-refractivity contribution is 5.73. The molecule has 30 heavy (non-hydrogen) atoms. The Balaban J connectivity index is 0.00000218. The molecule has 2 rings (SSSR count). The second kappa shape index (κ2) is 11.4. The molecule has 1 heterocycles. The lowest BCUT2D eigenvalue weighted by molar-refractivity contribution is -0.142. The SMILES string of the molecule is CC.CCOC(=O)Cc1cc(C)ccc1C1(CC)CCN(C(=O)OC(C)(C)C)CC1. The van der Waals surface area contributed by atoms with Gasteiger partial charge in [0.15, 0.2) is 0 Å². The third kappa shape index (κ3) is 7.03. The van der Waals surface area contributed by atoms with Crippen LogP contribution in [0.4, 0.5) is 4.79 Å². The van der Waals surface area contributed by atoms with Crippen LogP contribution >= 0.6 is 0 Å². The first kappa shape index (κ1) is 26.0. The van der Waals surface area contributed by atoms with Gasteiger partial charge < -0.3 is 14.4 Å². The van der Waals surface area contributed by atoms with E-state index < -0.39 is 5.60 Å². The number of carbonyl (C=O) groups is 2. The third-order valence-electron chi connectivity index (χ3n) is 5.52. The van der Waals surface area contributed by atoms with Crippen molar-refractivity contribution in [3.63, 3.8) is 0 Å². The molecular weight excluding hydrogens is 378 g/mol. The normalized spacial score (nSPS) is 15.7. The van der Waals surface area contributed by atoms with E-state index in [4.69, 9.17) is 9.47 Å². The molecule has 0 unspecified atom stereocenters. The average molecular weight is 420 g/mol. The molecule has 1 fully saturated rings. The van der Waals surface area contributed by atoms with Crippen LogP contribution in [0.3, 0.4) is 0 Å². The molecule has 1 aliphatic rings. The Morgan fingerprint density at radius 3 is 2.20 bits per heavy atom. The van der Waals surface area contributed by atoms with E-state index in [-0.39, 0.29) is 17.5 Å². The van der Waals surface area contributed by atoms with Gasteiger partial charge in [0.05, 0.1) is 13.0 Å². The number of hydrogen-bond acceptors (Lipinski definition) is 4. The highest BCUT2D eigenvalue weighted by Gasteiger charge is 2.38. The molecule has 1 saturated heterocycles. The molecule has 5 heteroatoms. The van der Waals surface area contributed by atoms with E-state index in [1.165, 1.54) is 5.56 Å². The lowest BCUT2D eigenvalue weighted by Gasteiger charge is -2.43. The van der Waals surface area contributed by atoms with Crippen molar-refractivity contribution in [3.8, 4) is 0 Å². The van der Waals surface area contributed by atoms with Gasteiger partial charge in [-0.3, -0.25) is 4.79 Å². The van der Waals surface area contributed by atoms with Crippen molar-refractivity contribution in [2.24, 2.45) is 0 Å². The number of amides is 1. The van der Waals surface area contributed by atoms with E-state index in [2.05, 4.69) is 25.1 Å². The minimum Gasteiger partial charge on any atom is -0.466 e. The van der Waals surface area contributed by atoms with Gasteiger partial charge >= 0.3 is 12.1 Å². The predicted octanol–water partition coefficient (Wildman–Crippen LogP) is 5.81. The molecule has 5 nitrogen and oxygen atoms in total. The number of esters is 1. The zero-order chi connectivity index (χ0) is 22.9. The second-order valence-electron chi connectivity index (χ2n) is 8.74. The van der Waals surface area contributed by atoms with E-state index in [9.17, 15) is 9.59 Å². The summed E-state index contributed by atoms with van der Waals surface area (Å²) < 4.78 is 10.7. The standard InChI is InChI=1S/C23H35NO4.C2H6/c1-7-23(11-13-24(14-12-23)21(26)28-22(4,5)6)19-10-9-17(3)15-18(19)16-20(25)27-8-2;1-2/h9-10,15H,7-8,11-14,16H2,1-6H3;1-2H3. The summed E-state index contributed by atoms with van der Waals surface area (Å²) in [4.78, 5) is 26.4. The van der Waals surface area contributed by atoms with E-state index >= 15 is 0 Å². The molecule has 170 valence electrons. The summed E-state index contributed by atoms with van der Waals surface area (Å²) in [5.41, 5.74) is 2.89. The summed E-state index contributed by atoms with van der Waals surface area (Å²) in [5.74, 6) is -0.188. The third-order valence-corrected chi connectivity index (χ3v) is 5.52. The molecule has 1 amide bonds. The number of rotatable bonds is 5. The van der Waals surface area contributed by atoms with Crippen LogP contribution in [0, 0.1) is 6.92 Å². The molecule has 0 N–H and O–H groups in total. The van der Waals surface area contributed by atoms with Crippen LogP contribution in [0.2, 0.25) is 0 Å². The van der Waals surface area contributed by atoms with Crippen molar-refractivity contribution in [3.05, 3.63) is 34.9 Å². The second-order valence-corrected chi connectivity index (χ2v) is 8.74. The number of ether oxygens (including phenoxy) is 2. The summed E-state index contributed by atoms with van der Waals surface area (Å²) in [5, 5.41) is 0. The van der Waals surface area contributed by atoms with Gasteiger partial charge in [0.25, 0.3) is 0 Å². The molecule has 1 aromatic rings. The molecule has 0 atom stereocenters. The maximum absolute atomic E-state index is 12.4. The quantitative estimate of drug-likeness (QED) is 0.566. The Bertz CT molecular complexity index is 698. The predicted molar refractivity (Wildman–Crippen MR) is 122 cm³/mol. The summed E-state index contributed by atoms with van der Waals surface area (Å²) >= 11 is 0. The minimum absolute atomic E-state index is 0.0337. The fourth-order valence-electron chi connectivity index (χ4n) is 4.01. The Morgan fingerprint density at radius 1 is 1.10 bits per heavy atom. The highest BCUT2D eigenvalue weighted by Crippen LogP contribution is 2.41. The minimum atomic E-state index is -0.486. The van der Waals surface area contributed by atoms with Crippen LogP contribution in [0.25, 0.3) is 0 Å². The summed E-state index contributed by atoms with van der Waals surface area (Å²) in [6, 6.07) is 6.38. The molecule has 1 aliphatic heterocycles. The largest absolute Gasteiger partial charge is 0.466 e. The van der Waals surface area contributed by atoms with Crippen molar-refractivity contribution in [1.29, 1.82) is 0 Å². The molecular formula is C25H41NO4. The monoisotopic (exact) mass is 419 g/mol. The zero-order valence-electron chi connectivity index (χ0n) is 20.3. The van der Waals surface area contributed by atoms with Crippen molar-refractivity contribution >= 4 is 12.1 Å². The molecule has 0 spiro atoms. The lowest BCUT2D eigenvalue weighted by atomic mass is 9.69. The summed E-state index contributed by atoms with van der Waals surface area (Å²) in [6.07, 6.45) is 2.74. The van der Waals surface area contributed by atoms with Gasteiger partial charge in [-0.2, -0.15) is 0 Å². The number of aryl methyl sites for hydroxylation is 1. The van der Waals surface area contributed by atoms with Crippen molar-refractivity contribution in [1.82, 2.24) is 4.90 Å². The summed E-state index contributed by atoms with van der Waals surface area (Å²) in [6.45, 7) is 17.4. The van der Waals surface area contributed by atoms with Gasteiger partial charge in [-0.1, -0.05) is 44.5 Å². The Hall–Kier alpha value is -2.04. The number of benzene rings is 1. The Kier molecular flexibility index (Phi) is 9.86. The number of likely N-dealkylation sites (tertiary alicyclic amines) is 1. The number of piperidine rings is 1. The molecule has 0 aliphatic carbocycles. The molecule has 0 saturated carbocycles. The lowest BCUT2D eigenvalue weighted by Crippen LogP contribution is -2.47. The van der Waals surface area contributed by atoms with E-state index in [1.807, 2.05) is 48.5 Å². The van der Waals surface area contributed by atoms with E-state index in [0.717, 1.165) is 30.4 Å². The molecule has 1 aromatic carbocycles. The first-order valence-electron chi connectivity index (χ1n) is 11.3. The smallest absolute Gasteiger partial charge is 0.410 e. The molecule has 0 aromatic heterocycles. The maximum Gasteiger partial charge on any atom is 0.410 e. The Morgan fingerprint density at radius 2 is 1.70 bits per heavy atom. The fraction of sp³-hybridized carbons (Fsp3) is 0.680. The van der Waals surface area contributed by atoms with Gasteiger partial charge in [0.1, 0.15) is 5.60 Å². The number of carbonyl (C=O) groups excluding carboxylic acids is 2. The fourth-order valence-corrected chi connectivity index (χ4v) is 4.01. The topological polar surface area (TPSA) is 55.8 Å².